The number of phenolic OH excluding ortho intramolecular Hbond substituents is 1. The summed E-state index contributed by atoms with van der Waals surface area (Å²) in [7, 11) is 0. The summed E-state index contributed by atoms with van der Waals surface area (Å²) in [5, 5.41) is 21.8. The highest BCUT2D eigenvalue weighted by Crippen LogP contribution is 2.38. The number of tetrazole rings is 1. The highest BCUT2D eigenvalue weighted by Gasteiger charge is 2.31. The fraction of sp³-hybridized carbons (Fsp3) is 0.333. The predicted molar refractivity (Wildman–Crippen MR) is 113 cm³/mol. The molecule has 1 amide bonds. The predicted octanol–water partition coefficient (Wildman–Crippen LogP) is 2.59. The minimum Gasteiger partial charge on any atom is -0.508 e. The van der Waals surface area contributed by atoms with Crippen LogP contribution in [0.5, 0.6) is 17.2 Å². The van der Waals surface area contributed by atoms with Crippen LogP contribution in [0.1, 0.15) is 24.4 Å². The first-order valence-electron chi connectivity index (χ1n) is 10.1. The molecule has 0 saturated carbocycles. The van der Waals surface area contributed by atoms with E-state index in [1.54, 1.807) is 28.9 Å². The van der Waals surface area contributed by atoms with Crippen LogP contribution in [0.25, 0.3) is 5.69 Å². The summed E-state index contributed by atoms with van der Waals surface area (Å²) >= 11 is 1.30. The summed E-state index contributed by atoms with van der Waals surface area (Å²) in [4.78, 5) is 15.0. The Hall–Kier alpha value is -3.27. The number of nitrogens with zero attached hydrogens (tertiary/aromatic N) is 5. The molecule has 0 spiro atoms. The molecule has 1 atom stereocenters. The van der Waals surface area contributed by atoms with E-state index in [-0.39, 0.29) is 23.5 Å². The van der Waals surface area contributed by atoms with Gasteiger partial charge in [0.05, 0.1) is 17.5 Å². The van der Waals surface area contributed by atoms with E-state index in [0.717, 1.165) is 36.4 Å². The quantitative estimate of drug-likeness (QED) is 0.605. The number of aromatic hydroxyl groups is 1. The van der Waals surface area contributed by atoms with Crippen molar-refractivity contribution in [2.24, 2.45) is 0 Å². The van der Waals surface area contributed by atoms with Gasteiger partial charge >= 0.3 is 0 Å². The second-order valence-electron chi connectivity index (χ2n) is 7.33. The van der Waals surface area contributed by atoms with Gasteiger partial charge in [-0.2, -0.15) is 4.68 Å². The van der Waals surface area contributed by atoms with Crippen LogP contribution in [0, 0.1) is 0 Å². The summed E-state index contributed by atoms with van der Waals surface area (Å²) in [5.41, 5.74) is 1.78. The van der Waals surface area contributed by atoms with Gasteiger partial charge in [0.15, 0.2) is 11.5 Å². The minimum atomic E-state index is 0.0250. The Labute approximate surface area is 183 Å². The van der Waals surface area contributed by atoms with Gasteiger partial charge in [0.25, 0.3) is 0 Å². The average molecular weight is 439 g/mol. The Morgan fingerprint density at radius 3 is 2.77 bits per heavy atom. The lowest BCUT2D eigenvalue weighted by Gasteiger charge is -2.26. The summed E-state index contributed by atoms with van der Waals surface area (Å²) in [6.07, 6.45) is 1.88. The van der Waals surface area contributed by atoms with Crippen molar-refractivity contribution >= 4 is 17.7 Å². The van der Waals surface area contributed by atoms with Gasteiger partial charge in [-0.25, -0.2) is 0 Å². The SMILES string of the molecule is O=C(CSc1nnnn1-c1ccc(O)cc1)N1CCCC1c1ccc2c(c1)OCCO2. The number of aromatic nitrogens is 4. The van der Waals surface area contributed by atoms with Gasteiger partial charge in [-0.05, 0) is 65.2 Å². The van der Waals surface area contributed by atoms with Crippen LogP contribution in [0.15, 0.2) is 47.6 Å². The normalized spacial score (nSPS) is 17.7. The third kappa shape index (κ3) is 4.02. The molecule has 3 heterocycles. The Bertz CT molecular complexity index is 1090. The van der Waals surface area contributed by atoms with Crippen molar-refractivity contribution in [3.63, 3.8) is 0 Å². The number of benzene rings is 2. The number of carbonyl (C=O) groups excluding carboxylic acids is 1. The van der Waals surface area contributed by atoms with Crippen molar-refractivity contribution in [2.75, 3.05) is 25.5 Å². The van der Waals surface area contributed by atoms with Gasteiger partial charge in [-0.3, -0.25) is 4.79 Å². The number of hydrogen-bond acceptors (Lipinski definition) is 8. The maximum absolute atomic E-state index is 13.0. The summed E-state index contributed by atoms with van der Waals surface area (Å²) in [6, 6.07) is 12.5. The van der Waals surface area contributed by atoms with Crippen molar-refractivity contribution in [3.05, 3.63) is 48.0 Å². The zero-order valence-electron chi connectivity index (χ0n) is 16.7. The van der Waals surface area contributed by atoms with Crippen LogP contribution >= 0.6 is 11.8 Å². The van der Waals surface area contributed by atoms with Crippen molar-refractivity contribution in [2.45, 2.75) is 24.0 Å². The van der Waals surface area contributed by atoms with Gasteiger partial charge in [-0.15, -0.1) is 5.10 Å². The zero-order chi connectivity index (χ0) is 21.2. The molecule has 10 heteroatoms. The molecule has 1 unspecified atom stereocenters. The van der Waals surface area contributed by atoms with Crippen molar-refractivity contribution in [3.8, 4) is 22.9 Å². The first-order chi connectivity index (χ1) is 15.2. The Morgan fingerprint density at radius 1 is 1.13 bits per heavy atom. The van der Waals surface area contributed by atoms with Crippen LogP contribution in [0.3, 0.4) is 0 Å². The molecule has 160 valence electrons. The molecule has 2 aliphatic heterocycles. The molecule has 0 bridgehead atoms. The number of hydrogen-bond donors (Lipinski definition) is 1. The standard InChI is InChI=1S/C21H21N5O4S/c27-16-6-4-15(5-7-16)26-21(22-23-24-26)31-13-20(28)25-9-1-2-17(25)14-3-8-18-19(12-14)30-11-10-29-18/h3-8,12,17,27H,1-2,9-11,13H2. The van der Waals surface area contributed by atoms with E-state index < -0.39 is 0 Å². The second kappa shape index (κ2) is 8.46. The molecule has 1 fully saturated rings. The maximum atomic E-state index is 13.0. The van der Waals surface area contributed by atoms with E-state index in [9.17, 15) is 9.90 Å². The molecule has 1 saturated heterocycles. The third-order valence-electron chi connectivity index (χ3n) is 5.38. The van der Waals surface area contributed by atoms with E-state index in [4.69, 9.17) is 9.47 Å². The van der Waals surface area contributed by atoms with Crippen LogP contribution in [-0.2, 0) is 4.79 Å². The average Bonchev–Trinajstić information content (AvgIpc) is 3.47. The molecule has 0 radical (unpaired) electrons. The second-order valence-corrected chi connectivity index (χ2v) is 8.27. The highest BCUT2D eigenvalue weighted by molar-refractivity contribution is 7.99. The molecule has 3 aromatic rings. The first kappa shape index (κ1) is 19.7. The lowest BCUT2D eigenvalue weighted by Crippen LogP contribution is -2.32. The van der Waals surface area contributed by atoms with Crippen molar-refractivity contribution < 1.29 is 19.4 Å². The summed E-state index contributed by atoms with van der Waals surface area (Å²) in [6.45, 7) is 1.82. The monoisotopic (exact) mass is 439 g/mol. The smallest absolute Gasteiger partial charge is 0.233 e. The maximum Gasteiger partial charge on any atom is 0.233 e. The van der Waals surface area contributed by atoms with E-state index in [1.165, 1.54) is 11.8 Å². The van der Waals surface area contributed by atoms with E-state index >= 15 is 0 Å². The number of likely N-dealkylation sites (tertiary alicyclic amines) is 1. The van der Waals surface area contributed by atoms with Gasteiger partial charge in [0.1, 0.15) is 19.0 Å². The van der Waals surface area contributed by atoms with Crippen LogP contribution < -0.4 is 9.47 Å². The Kier molecular flexibility index (Phi) is 5.37. The molecule has 2 aromatic carbocycles. The van der Waals surface area contributed by atoms with E-state index in [1.807, 2.05) is 23.1 Å². The van der Waals surface area contributed by atoms with Crippen molar-refractivity contribution in [1.29, 1.82) is 0 Å². The minimum absolute atomic E-state index is 0.0250. The lowest BCUT2D eigenvalue weighted by molar-refractivity contribution is -0.129. The van der Waals surface area contributed by atoms with Crippen LogP contribution in [0.2, 0.25) is 0 Å². The zero-order valence-corrected chi connectivity index (χ0v) is 17.5. The molecule has 31 heavy (non-hydrogen) atoms. The lowest BCUT2D eigenvalue weighted by atomic mass is 10.0. The molecular formula is C21H21N5O4S. The molecule has 5 rings (SSSR count). The number of ether oxygens (including phenoxy) is 2. The summed E-state index contributed by atoms with van der Waals surface area (Å²) in [5.74, 6) is 1.94. The topological polar surface area (TPSA) is 103 Å². The Morgan fingerprint density at radius 2 is 1.94 bits per heavy atom. The van der Waals surface area contributed by atoms with Gasteiger partial charge in [0, 0.05) is 6.54 Å². The van der Waals surface area contributed by atoms with Crippen LogP contribution in [-0.4, -0.2) is 61.6 Å². The van der Waals surface area contributed by atoms with Gasteiger partial charge < -0.3 is 19.5 Å². The van der Waals surface area contributed by atoms with Gasteiger partial charge in [-0.1, -0.05) is 17.8 Å². The molecule has 1 N–H and O–H groups in total. The largest absolute Gasteiger partial charge is 0.508 e. The number of fused-ring (bicyclic) bond motifs is 1. The number of phenols is 1. The number of amides is 1. The third-order valence-corrected chi connectivity index (χ3v) is 6.29. The number of thioether (sulfide) groups is 1. The molecular weight excluding hydrogens is 418 g/mol. The van der Waals surface area contributed by atoms with Gasteiger partial charge in [0.2, 0.25) is 11.1 Å². The molecule has 2 aliphatic rings. The number of carbonyl (C=O) groups is 1. The van der Waals surface area contributed by atoms with Crippen LogP contribution in [0.4, 0.5) is 0 Å². The Balaban J connectivity index is 1.28. The summed E-state index contributed by atoms with van der Waals surface area (Å²) < 4.78 is 12.9. The molecule has 0 aliphatic carbocycles. The highest BCUT2D eigenvalue weighted by atomic mass is 32.2. The van der Waals surface area contributed by atoms with Crippen molar-refractivity contribution in [1.82, 2.24) is 25.1 Å². The molecule has 9 nitrogen and oxygen atoms in total. The fourth-order valence-electron chi connectivity index (χ4n) is 3.91. The van der Waals surface area contributed by atoms with E-state index in [0.29, 0.717) is 24.1 Å². The number of rotatable bonds is 5. The fourth-order valence-corrected chi connectivity index (χ4v) is 4.69. The molecule has 1 aromatic heterocycles. The first-order valence-corrected chi connectivity index (χ1v) is 11.1. The van der Waals surface area contributed by atoms with E-state index in [2.05, 4.69) is 15.5 Å².